The molecule has 1 aromatic carbocycles. The van der Waals surface area contributed by atoms with E-state index in [4.69, 9.17) is 9.47 Å². The molecule has 1 aromatic rings. The highest BCUT2D eigenvalue weighted by Crippen LogP contribution is 2.28. The van der Waals surface area contributed by atoms with Gasteiger partial charge in [0.15, 0.2) is 17.7 Å². The second-order valence-electron chi connectivity index (χ2n) is 4.98. The Morgan fingerprint density at radius 3 is 2.82 bits per heavy atom. The zero-order chi connectivity index (χ0) is 15.9. The number of phenols is 1. The summed E-state index contributed by atoms with van der Waals surface area (Å²) in [5.41, 5.74) is 0.716. The van der Waals surface area contributed by atoms with Gasteiger partial charge in [0.05, 0.1) is 0 Å². The maximum atomic E-state index is 12.0. The molecule has 1 N–H and O–H groups in total. The van der Waals surface area contributed by atoms with Crippen molar-refractivity contribution in [3.63, 3.8) is 0 Å². The van der Waals surface area contributed by atoms with Crippen molar-refractivity contribution in [3.8, 4) is 11.5 Å². The quantitative estimate of drug-likeness (QED) is 0.662. The van der Waals surface area contributed by atoms with E-state index >= 15 is 0 Å². The first kappa shape index (κ1) is 16.0. The summed E-state index contributed by atoms with van der Waals surface area (Å²) < 4.78 is 10.3. The van der Waals surface area contributed by atoms with Crippen LogP contribution in [0.25, 0.3) is 0 Å². The lowest BCUT2D eigenvalue weighted by atomic mass is 10.1. The van der Waals surface area contributed by atoms with Gasteiger partial charge in [-0.3, -0.25) is 0 Å². The molecule has 0 bridgehead atoms. The molecule has 0 radical (unpaired) electrons. The lowest BCUT2D eigenvalue weighted by molar-refractivity contribution is 0.110. The fourth-order valence-electron chi connectivity index (χ4n) is 2.27. The number of methoxy groups -OCH3 is 1. The molecule has 1 aliphatic rings. The van der Waals surface area contributed by atoms with Crippen LogP contribution in [0.2, 0.25) is 0 Å². The Hall–Kier alpha value is -2.37. The van der Waals surface area contributed by atoms with Crippen LogP contribution in [0.1, 0.15) is 18.4 Å². The first-order chi connectivity index (χ1) is 10.6. The maximum Gasteiger partial charge on any atom is 0.415 e. The summed E-state index contributed by atoms with van der Waals surface area (Å²) in [5, 5.41) is 9.81. The third-order valence-corrected chi connectivity index (χ3v) is 3.46. The molecule has 1 aliphatic heterocycles. The molecule has 1 amide bonds. The topological polar surface area (TPSA) is 88.4 Å². The van der Waals surface area contributed by atoms with Crippen molar-refractivity contribution in [2.24, 2.45) is 4.99 Å². The van der Waals surface area contributed by atoms with E-state index in [1.807, 2.05) is 0 Å². The van der Waals surface area contributed by atoms with Crippen LogP contribution < -0.4 is 4.74 Å². The summed E-state index contributed by atoms with van der Waals surface area (Å²) in [6.07, 6.45) is 2.53. The summed E-state index contributed by atoms with van der Waals surface area (Å²) >= 11 is 0. The normalized spacial score (nSPS) is 15.2. The Bertz CT molecular complexity index is 577. The first-order valence-electron chi connectivity index (χ1n) is 7.02. The molecule has 1 heterocycles. The molecular formula is C15H18N2O5. The predicted molar refractivity (Wildman–Crippen MR) is 77.6 cm³/mol. The smallest absolute Gasteiger partial charge is 0.415 e. The molecule has 1 saturated heterocycles. The largest absolute Gasteiger partial charge is 0.504 e. The second kappa shape index (κ2) is 7.59. The number of carbonyl (C=O) groups excluding carboxylic acids is 2. The van der Waals surface area contributed by atoms with Crippen LogP contribution in [0.5, 0.6) is 11.5 Å². The highest BCUT2D eigenvalue weighted by molar-refractivity contribution is 5.72. The number of carbonyl (C=O) groups is 1. The van der Waals surface area contributed by atoms with Crippen molar-refractivity contribution in [1.29, 1.82) is 0 Å². The summed E-state index contributed by atoms with van der Waals surface area (Å²) in [6.45, 7) is 1.33. The molecule has 22 heavy (non-hydrogen) atoms. The Morgan fingerprint density at radius 2 is 2.18 bits per heavy atom. The molecule has 1 fully saturated rings. The lowest BCUT2D eigenvalue weighted by Gasteiger charge is -2.16. The number of benzene rings is 1. The van der Waals surface area contributed by atoms with Crippen molar-refractivity contribution in [2.75, 3.05) is 20.2 Å². The van der Waals surface area contributed by atoms with Crippen molar-refractivity contribution in [3.05, 3.63) is 23.8 Å². The second-order valence-corrected chi connectivity index (χ2v) is 4.98. The van der Waals surface area contributed by atoms with E-state index in [0.717, 1.165) is 12.8 Å². The lowest BCUT2D eigenvalue weighted by Crippen LogP contribution is -2.30. The number of aliphatic imine (C=N–C) groups is 1. The Balaban J connectivity index is 2.08. The van der Waals surface area contributed by atoms with Gasteiger partial charge in [-0.25, -0.2) is 9.59 Å². The minimum atomic E-state index is -0.663. The van der Waals surface area contributed by atoms with Gasteiger partial charge in [0.1, 0.15) is 0 Å². The highest BCUT2D eigenvalue weighted by Gasteiger charge is 2.21. The minimum Gasteiger partial charge on any atom is -0.504 e. The van der Waals surface area contributed by atoms with Gasteiger partial charge < -0.3 is 19.5 Å². The standard InChI is InChI=1S/C15H18N2O5/c1-21-14(16-10-18)9-11-4-5-12(19)13(8-11)22-15(20)17-6-2-3-7-17/h4-5,8,14,19H,2-3,6-7,9H2,1H3/t14-/m0/s1. The molecule has 0 spiro atoms. The number of likely N-dealkylation sites (tertiary alicyclic amines) is 1. The summed E-state index contributed by atoms with van der Waals surface area (Å²) in [6, 6.07) is 4.61. The molecule has 0 aliphatic carbocycles. The highest BCUT2D eigenvalue weighted by atomic mass is 16.6. The van der Waals surface area contributed by atoms with Gasteiger partial charge in [-0.1, -0.05) is 6.07 Å². The van der Waals surface area contributed by atoms with Gasteiger partial charge in [0.25, 0.3) is 0 Å². The zero-order valence-corrected chi connectivity index (χ0v) is 12.3. The van der Waals surface area contributed by atoms with E-state index < -0.39 is 12.3 Å². The molecule has 1 atom stereocenters. The van der Waals surface area contributed by atoms with Crippen LogP contribution in [0.3, 0.4) is 0 Å². The first-order valence-corrected chi connectivity index (χ1v) is 7.02. The number of hydrogen-bond donors (Lipinski definition) is 1. The van der Waals surface area contributed by atoms with Crippen molar-refractivity contribution < 1.29 is 24.2 Å². The number of ether oxygens (including phenoxy) is 2. The molecule has 0 aromatic heterocycles. The van der Waals surface area contributed by atoms with Crippen molar-refractivity contribution in [2.45, 2.75) is 25.5 Å². The Labute approximate surface area is 128 Å². The van der Waals surface area contributed by atoms with Gasteiger partial charge in [0, 0.05) is 26.6 Å². The molecule has 0 saturated carbocycles. The Morgan fingerprint density at radius 1 is 1.45 bits per heavy atom. The molecule has 2 rings (SSSR count). The summed E-state index contributed by atoms with van der Waals surface area (Å²) in [5.74, 6) is -0.0384. The number of phenolic OH excluding ortho intramolecular Hbond substituents is 1. The number of rotatable bonds is 5. The third kappa shape index (κ3) is 4.07. The van der Waals surface area contributed by atoms with E-state index in [1.165, 1.54) is 25.3 Å². The number of aromatic hydroxyl groups is 1. The summed E-state index contributed by atoms with van der Waals surface area (Å²) in [7, 11) is 1.43. The van der Waals surface area contributed by atoms with Crippen LogP contribution in [0, 0.1) is 0 Å². The predicted octanol–water partition coefficient (Wildman–Crippen LogP) is 1.84. The molecule has 0 unspecified atom stereocenters. The molecule has 7 heteroatoms. The Kier molecular flexibility index (Phi) is 5.52. The van der Waals surface area contributed by atoms with Crippen LogP contribution in [0.15, 0.2) is 23.2 Å². The fraction of sp³-hybridized carbons (Fsp3) is 0.467. The van der Waals surface area contributed by atoms with E-state index in [2.05, 4.69) is 4.99 Å². The van der Waals surface area contributed by atoms with Crippen LogP contribution >= 0.6 is 0 Å². The van der Waals surface area contributed by atoms with Gasteiger partial charge in [-0.2, -0.15) is 4.99 Å². The van der Waals surface area contributed by atoms with Gasteiger partial charge >= 0.3 is 6.09 Å². The third-order valence-electron chi connectivity index (χ3n) is 3.46. The van der Waals surface area contributed by atoms with Crippen LogP contribution in [-0.4, -0.2) is 48.6 Å². The average Bonchev–Trinajstić information content (AvgIpc) is 3.04. The number of isocyanates is 1. The minimum absolute atomic E-state index is 0.0827. The molecular weight excluding hydrogens is 288 g/mol. The monoisotopic (exact) mass is 306 g/mol. The van der Waals surface area contributed by atoms with Gasteiger partial charge in [-0.05, 0) is 30.5 Å². The molecule has 7 nitrogen and oxygen atoms in total. The number of nitrogens with zero attached hydrogens (tertiary/aromatic N) is 2. The van der Waals surface area contributed by atoms with Gasteiger partial charge in [0.2, 0.25) is 6.08 Å². The summed E-state index contributed by atoms with van der Waals surface area (Å²) in [4.78, 5) is 27.4. The van der Waals surface area contributed by atoms with E-state index in [9.17, 15) is 14.7 Å². The van der Waals surface area contributed by atoms with E-state index in [1.54, 1.807) is 11.0 Å². The number of hydrogen-bond acceptors (Lipinski definition) is 6. The van der Waals surface area contributed by atoms with E-state index in [-0.39, 0.29) is 11.5 Å². The number of amides is 1. The molecule has 118 valence electrons. The fourth-order valence-corrected chi connectivity index (χ4v) is 2.27. The van der Waals surface area contributed by atoms with E-state index in [0.29, 0.717) is 25.1 Å². The maximum absolute atomic E-state index is 12.0. The van der Waals surface area contributed by atoms with Crippen LogP contribution in [0.4, 0.5) is 4.79 Å². The SMILES string of the molecule is CO[C@@H](Cc1ccc(O)c(OC(=O)N2CCCC2)c1)N=C=O. The van der Waals surface area contributed by atoms with Crippen molar-refractivity contribution in [1.82, 2.24) is 4.90 Å². The van der Waals surface area contributed by atoms with Gasteiger partial charge in [-0.15, -0.1) is 0 Å². The average molecular weight is 306 g/mol. The van der Waals surface area contributed by atoms with Crippen LogP contribution in [-0.2, 0) is 16.0 Å². The zero-order valence-electron chi connectivity index (χ0n) is 12.3. The van der Waals surface area contributed by atoms with Crippen molar-refractivity contribution >= 4 is 12.2 Å².